The van der Waals surface area contributed by atoms with Crippen molar-refractivity contribution in [3.05, 3.63) is 53.6 Å². The molecule has 0 spiro atoms. The minimum absolute atomic E-state index is 1.19. The maximum Gasteiger partial charge on any atom is -0.0192 e. The summed E-state index contributed by atoms with van der Waals surface area (Å²) >= 11 is 0. The monoisotopic (exact) mass is 198 g/mol. The van der Waals surface area contributed by atoms with Crippen molar-refractivity contribution in [1.82, 2.24) is 0 Å². The molecule has 15 heavy (non-hydrogen) atoms. The van der Waals surface area contributed by atoms with E-state index in [2.05, 4.69) is 49.4 Å². The molecule has 0 aromatic heterocycles. The van der Waals surface area contributed by atoms with Gasteiger partial charge in [0.05, 0.1) is 0 Å². The molecule has 0 aliphatic heterocycles. The number of benzene rings is 1. The van der Waals surface area contributed by atoms with Crippen molar-refractivity contribution in [2.75, 3.05) is 0 Å². The third-order valence-electron chi connectivity index (χ3n) is 2.90. The second kappa shape index (κ2) is 4.97. The van der Waals surface area contributed by atoms with Crippen LogP contribution in [0.1, 0.15) is 37.3 Å². The minimum atomic E-state index is 1.19. The maximum absolute atomic E-state index is 2.26. The van der Waals surface area contributed by atoms with E-state index in [1.54, 1.807) is 0 Å². The van der Waals surface area contributed by atoms with Gasteiger partial charge in [-0.05, 0) is 36.0 Å². The largest absolute Gasteiger partial charge is 0.0842 e. The molecule has 1 aromatic rings. The fourth-order valence-electron chi connectivity index (χ4n) is 2.15. The Labute approximate surface area is 92.3 Å². The van der Waals surface area contributed by atoms with Crippen LogP contribution in [-0.2, 0) is 6.42 Å². The molecule has 0 bridgehead atoms. The van der Waals surface area contributed by atoms with Gasteiger partial charge in [0, 0.05) is 0 Å². The van der Waals surface area contributed by atoms with Gasteiger partial charge in [0.15, 0.2) is 0 Å². The quantitative estimate of drug-likeness (QED) is 0.676. The maximum atomic E-state index is 2.26. The van der Waals surface area contributed by atoms with Crippen molar-refractivity contribution in [3.8, 4) is 0 Å². The first kappa shape index (κ1) is 10.2. The number of aryl methyl sites for hydroxylation is 1. The van der Waals surface area contributed by atoms with E-state index in [1.807, 2.05) is 0 Å². The summed E-state index contributed by atoms with van der Waals surface area (Å²) in [7, 11) is 0. The topological polar surface area (TPSA) is 0 Å². The molecule has 0 fully saturated rings. The lowest BCUT2D eigenvalue weighted by Crippen LogP contribution is -1.94. The van der Waals surface area contributed by atoms with Gasteiger partial charge in [-0.2, -0.15) is 0 Å². The first-order valence-electron chi connectivity index (χ1n) is 5.86. The Morgan fingerprint density at radius 2 is 2.07 bits per heavy atom. The summed E-state index contributed by atoms with van der Waals surface area (Å²) in [5, 5.41) is 0. The Morgan fingerprint density at radius 1 is 1.20 bits per heavy atom. The number of rotatable bonds is 3. The molecule has 1 aromatic carbocycles. The van der Waals surface area contributed by atoms with Crippen LogP contribution in [0.25, 0.3) is 5.57 Å². The molecule has 0 amide bonds. The first-order valence-corrected chi connectivity index (χ1v) is 5.86. The van der Waals surface area contributed by atoms with Gasteiger partial charge in [0.25, 0.3) is 0 Å². The predicted molar refractivity (Wildman–Crippen MR) is 66.8 cm³/mol. The average Bonchev–Trinajstić information content (AvgIpc) is 2.31. The van der Waals surface area contributed by atoms with E-state index in [4.69, 9.17) is 0 Å². The molecular formula is C15H18. The lowest BCUT2D eigenvalue weighted by atomic mass is 9.92. The van der Waals surface area contributed by atoms with Gasteiger partial charge >= 0.3 is 0 Å². The second-order valence-electron chi connectivity index (χ2n) is 4.07. The van der Waals surface area contributed by atoms with E-state index in [-0.39, 0.29) is 0 Å². The zero-order chi connectivity index (χ0) is 10.5. The standard InChI is InChI=1S/C15H18/c1-2-8-13-11-6-7-12-15(13)14-9-4-3-5-10-14/h3-4,6-7,9,11-12H,2,5,8,10H2,1H3. The SMILES string of the molecule is CCCc1ccccc1C1=CC=CCC1. The van der Waals surface area contributed by atoms with Crippen molar-refractivity contribution < 1.29 is 0 Å². The van der Waals surface area contributed by atoms with Crippen molar-refractivity contribution in [2.45, 2.75) is 32.6 Å². The highest BCUT2D eigenvalue weighted by molar-refractivity contribution is 5.70. The summed E-state index contributed by atoms with van der Waals surface area (Å²) < 4.78 is 0. The molecular weight excluding hydrogens is 180 g/mol. The normalized spacial score (nSPS) is 15.1. The van der Waals surface area contributed by atoms with E-state index >= 15 is 0 Å². The summed E-state index contributed by atoms with van der Waals surface area (Å²) in [5.41, 5.74) is 4.46. The Hall–Kier alpha value is -1.30. The van der Waals surface area contributed by atoms with Gasteiger partial charge < -0.3 is 0 Å². The van der Waals surface area contributed by atoms with E-state index in [0.717, 1.165) is 0 Å². The molecule has 0 heterocycles. The predicted octanol–water partition coefficient (Wildman–Crippen LogP) is 4.37. The van der Waals surface area contributed by atoms with E-state index in [1.165, 1.54) is 42.4 Å². The summed E-state index contributed by atoms with van der Waals surface area (Å²) in [6.45, 7) is 2.24. The van der Waals surface area contributed by atoms with Crippen LogP contribution in [0, 0.1) is 0 Å². The molecule has 0 nitrogen and oxygen atoms in total. The molecule has 1 aliphatic rings. The molecule has 0 atom stereocenters. The van der Waals surface area contributed by atoms with E-state index in [9.17, 15) is 0 Å². The fourth-order valence-corrected chi connectivity index (χ4v) is 2.15. The first-order chi connectivity index (χ1) is 7.42. The molecule has 0 unspecified atom stereocenters. The van der Waals surface area contributed by atoms with E-state index < -0.39 is 0 Å². The third-order valence-corrected chi connectivity index (χ3v) is 2.90. The summed E-state index contributed by atoms with van der Waals surface area (Å²) in [6.07, 6.45) is 11.5. The van der Waals surface area contributed by atoms with Crippen LogP contribution in [0.2, 0.25) is 0 Å². The molecule has 0 saturated heterocycles. The minimum Gasteiger partial charge on any atom is -0.0842 e. The molecule has 0 radical (unpaired) electrons. The molecule has 2 rings (SSSR count). The molecule has 0 N–H and O–H groups in total. The second-order valence-corrected chi connectivity index (χ2v) is 4.07. The highest BCUT2D eigenvalue weighted by Gasteiger charge is 2.07. The van der Waals surface area contributed by atoms with Gasteiger partial charge in [0.2, 0.25) is 0 Å². The third kappa shape index (κ3) is 2.38. The van der Waals surface area contributed by atoms with Crippen LogP contribution in [0.4, 0.5) is 0 Å². The van der Waals surface area contributed by atoms with Crippen molar-refractivity contribution in [1.29, 1.82) is 0 Å². The van der Waals surface area contributed by atoms with Crippen LogP contribution in [0.5, 0.6) is 0 Å². The number of hydrogen-bond acceptors (Lipinski definition) is 0. The lowest BCUT2D eigenvalue weighted by molar-refractivity contribution is 0.914. The summed E-state index contributed by atoms with van der Waals surface area (Å²) in [4.78, 5) is 0. The van der Waals surface area contributed by atoms with Gasteiger partial charge in [0.1, 0.15) is 0 Å². The Balaban J connectivity index is 2.33. The molecule has 1 aliphatic carbocycles. The van der Waals surface area contributed by atoms with Crippen LogP contribution >= 0.6 is 0 Å². The Bertz CT molecular complexity index is 383. The van der Waals surface area contributed by atoms with Gasteiger partial charge in [-0.3, -0.25) is 0 Å². The van der Waals surface area contributed by atoms with Gasteiger partial charge in [-0.15, -0.1) is 0 Å². The van der Waals surface area contributed by atoms with Crippen molar-refractivity contribution in [3.63, 3.8) is 0 Å². The molecule has 0 saturated carbocycles. The van der Waals surface area contributed by atoms with Gasteiger partial charge in [-0.1, -0.05) is 55.8 Å². The smallest absolute Gasteiger partial charge is 0.0192 e. The van der Waals surface area contributed by atoms with Crippen LogP contribution < -0.4 is 0 Å². The van der Waals surface area contributed by atoms with Crippen LogP contribution in [0.3, 0.4) is 0 Å². The number of allylic oxidation sites excluding steroid dienone is 4. The molecule has 0 heteroatoms. The summed E-state index contributed by atoms with van der Waals surface area (Å²) in [6, 6.07) is 8.81. The van der Waals surface area contributed by atoms with Crippen LogP contribution in [-0.4, -0.2) is 0 Å². The lowest BCUT2D eigenvalue weighted by Gasteiger charge is -2.13. The Morgan fingerprint density at radius 3 is 2.80 bits per heavy atom. The van der Waals surface area contributed by atoms with Gasteiger partial charge in [-0.25, -0.2) is 0 Å². The van der Waals surface area contributed by atoms with Crippen molar-refractivity contribution in [2.24, 2.45) is 0 Å². The average molecular weight is 198 g/mol. The number of hydrogen-bond donors (Lipinski definition) is 0. The fraction of sp³-hybridized carbons (Fsp3) is 0.333. The Kier molecular flexibility index (Phi) is 3.39. The van der Waals surface area contributed by atoms with Crippen molar-refractivity contribution >= 4 is 5.57 Å². The highest BCUT2D eigenvalue weighted by atomic mass is 14.1. The molecule has 78 valence electrons. The highest BCUT2D eigenvalue weighted by Crippen LogP contribution is 2.26. The zero-order valence-corrected chi connectivity index (χ0v) is 9.37. The van der Waals surface area contributed by atoms with Crippen LogP contribution in [0.15, 0.2) is 42.5 Å². The summed E-state index contributed by atoms with van der Waals surface area (Å²) in [5.74, 6) is 0. The van der Waals surface area contributed by atoms with E-state index in [0.29, 0.717) is 0 Å². The zero-order valence-electron chi connectivity index (χ0n) is 9.37.